The summed E-state index contributed by atoms with van der Waals surface area (Å²) in [5.74, 6) is -0.778. The zero-order chi connectivity index (χ0) is 19.8. The summed E-state index contributed by atoms with van der Waals surface area (Å²) < 4.78 is 5.01. The molecule has 0 amide bonds. The summed E-state index contributed by atoms with van der Waals surface area (Å²) in [7, 11) is 5.18. The molecule has 0 aromatic rings. The highest BCUT2D eigenvalue weighted by Crippen LogP contribution is 1.98. The first-order chi connectivity index (χ1) is 12.5. The number of Topliss-reactive ketones (excluding diaryl/α,β-unsaturated/α-hetero) is 1. The Labute approximate surface area is 154 Å². The first kappa shape index (κ1) is 22.9. The lowest BCUT2D eigenvalue weighted by atomic mass is 10.3. The smallest absolute Gasteiger partial charge is 0.313 e. The van der Waals surface area contributed by atoms with Crippen LogP contribution in [0, 0.1) is 0 Å². The van der Waals surface area contributed by atoms with Gasteiger partial charge in [0, 0.05) is 32.5 Å². The lowest BCUT2D eigenvalue weighted by molar-refractivity contribution is -0.144. The van der Waals surface area contributed by atoms with Crippen LogP contribution >= 0.6 is 0 Å². The van der Waals surface area contributed by atoms with Gasteiger partial charge in [0.1, 0.15) is 18.8 Å². The van der Waals surface area contributed by atoms with Gasteiger partial charge in [0.15, 0.2) is 6.29 Å². The van der Waals surface area contributed by atoms with Crippen LogP contribution < -0.4 is 16.0 Å². The number of ether oxygens (including phenoxy) is 1. The number of carbonyl (C=O) groups is 3. The Morgan fingerprint density at radius 1 is 0.885 bits per heavy atom. The third kappa shape index (κ3) is 11.4. The van der Waals surface area contributed by atoms with E-state index in [9.17, 15) is 14.4 Å². The van der Waals surface area contributed by atoms with E-state index in [1.54, 1.807) is 51.5 Å². The van der Waals surface area contributed by atoms with E-state index in [1.807, 2.05) is 12.2 Å². The van der Waals surface area contributed by atoms with Gasteiger partial charge in [-0.3, -0.25) is 14.4 Å². The van der Waals surface area contributed by atoms with Crippen LogP contribution in [-0.4, -0.2) is 45.8 Å². The quantitative estimate of drug-likeness (QED) is 0.158. The Hall–Kier alpha value is -3.09. The SMILES string of the molecule is CNC(C=O)=CC=CC=C(C=CC=C(COC(=O)CC(C)=O)NC)NC. The van der Waals surface area contributed by atoms with Gasteiger partial charge in [-0.25, -0.2) is 0 Å². The normalized spacial score (nSPS) is 13.0. The van der Waals surface area contributed by atoms with Crippen LogP contribution in [0.3, 0.4) is 0 Å². The van der Waals surface area contributed by atoms with Gasteiger partial charge in [-0.1, -0.05) is 18.2 Å². The molecule has 0 aliphatic carbocycles. The monoisotopic (exact) mass is 361 g/mol. The van der Waals surface area contributed by atoms with Crippen molar-refractivity contribution in [1.29, 1.82) is 0 Å². The van der Waals surface area contributed by atoms with Gasteiger partial charge in [-0.05, 0) is 31.2 Å². The molecule has 0 saturated carbocycles. The summed E-state index contributed by atoms with van der Waals surface area (Å²) in [6.45, 7) is 1.40. The standard InChI is InChI=1S/C19H27N3O4/c1-15(24)12-19(25)26-14-18(22-4)11-7-10-16(20-2)8-5-6-9-17(13-23)21-3/h5-11,13,20-22H,12,14H2,1-4H3. The van der Waals surface area contributed by atoms with E-state index in [1.165, 1.54) is 6.92 Å². The minimum atomic E-state index is -0.548. The van der Waals surface area contributed by atoms with Crippen LogP contribution in [0.25, 0.3) is 0 Å². The van der Waals surface area contributed by atoms with Crippen LogP contribution in [0.1, 0.15) is 13.3 Å². The van der Waals surface area contributed by atoms with Crippen molar-refractivity contribution >= 4 is 18.0 Å². The molecule has 0 aromatic heterocycles. The topological polar surface area (TPSA) is 96.5 Å². The highest BCUT2D eigenvalue weighted by Gasteiger charge is 2.06. The fraction of sp³-hybridized carbons (Fsp3) is 0.316. The molecule has 26 heavy (non-hydrogen) atoms. The molecule has 7 nitrogen and oxygen atoms in total. The number of aldehydes is 1. The number of hydrogen-bond donors (Lipinski definition) is 3. The lowest BCUT2D eigenvalue weighted by Crippen LogP contribution is -2.16. The number of likely N-dealkylation sites (N-methyl/N-ethyl adjacent to an activating group) is 3. The van der Waals surface area contributed by atoms with Gasteiger partial charge in [-0.2, -0.15) is 0 Å². The van der Waals surface area contributed by atoms with Crippen molar-refractivity contribution in [2.45, 2.75) is 13.3 Å². The molecule has 0 radical (unpaired) electrons. The molecule has 0 atom stereocenters. The van der Waals surface area contributed by atoms with E-state index >= 15 is 0 Å². The summed E-state index contributed by atoms with van der Waals surface area (Å²) in [6.07, 6.45) is 12.9. The molecule has 142 valence electrons. The van der Waals surface area contributed by atoms with E-state index in [-0.39, 0.29) is 18.8 Å². The summed E-state index contributed by atoms with van der Waals surface area (Å²) >= 11 is 0. The minimum absolute atomic E-state index is 0.0642. The fourth-order valence-corrected chi connectivity index (χ4v) is 1.61. The van der Waals surface area contributed by atoms with E-state index in [2.05, 4.69) is 16.0 Å². The largest absolute Gasteiger partial charge is 0.459 e. The second-order valence-corrected chi connectivity index (χ2v) is 5.09. The molecule has 0 saturated heterocycles. The van der Waals surface area contributed by atoms with Crippen molar-refractivity contribution in [3.8, 4) is 0 Å². The van der Waals surface area contributed by atoms with Gasteiger partial charge in [0.25, 0.3) is 0 Å². The molecule has 0 unspecified atom stereocenters. The molecule has 0 aliphatic heterocycles. The predicted octanol–water partition coefficient (Wildman–Crippen LogP) is 1.13. The summed E-state index contributed by atoms with van der Waals surface area (Å²) in [4.78, 5) is 32.8. The molecule has 0 rings (SSSR count). The maximum absolute atomic E-state index is 11.4. The van der Waals surface area contributed by atoms with Gasteiger partial charge < -0.3 is 20.7 Å². The van der Waals surface area contributed by atoms with E-state index in [0.29, 0.717) is 11.4 Å². The van der Waals surface area contributed by atoms with Crippen LogP contribution in [0.15, 0.2) is 59.6 Å². The van der Waals surface area contributed by atoms with E-state index < -0.39 is 5.97 Å². The van der Waals surface area contributed by atoms with Gasteiger partial charge >= 0.3 is 5.97 Å². The molecule has 7 heteroatoms. The summed E-state index contributed by atoms with van der Waals surface area (Å²) in [5, 5.41) is 8.71. The number of allylic oxidation sites excluding steroid dienone is 8. The molecule has 0 aromatic carbocycles. The second-order valence-electron chi connectivity index (χ2n) is 5.09. The van der Waals surface area contributed by atoms with Crippen molar-refractivity contribution in [1.82, 2.24) is 16.0 Å². The lowest BCUT2D eigenvalue weighted by Gasteiger charge is -2.07. The molecular formula is C19H27N3O4. The number of ketones is 1. The number of carbonyl (C=O) groups excluding carboxylic acids is 3. The van der Waals surface area contributed by atoms with Crippen molar-refractivity contribution in [2.24, 2.45) is 0 Å². The Bertz CT molecular complexity index is 629. The molecular weight excluding hydrogens is 334 g/mol. The van der Waals surface area contributed by atoms with Crippen molar-refractivity contribution in [2.75, 3.05) is 27.7 Å². The predicted molar refractivity (Wildman–Crippen MR) is 102 cm³/mol. The third-order valence-corrected chi connectivity index (χ3v) is 3.04. The number of rotatable bonds is 12. The first-order valence-corrected chi connectivity index (χ1v) is 8.06. The third-order valence-electron chi connectivity index (χ3n) is 3.04. The zero-order valence-corrected chi connectivity index (χ0v) is 15.7. The van der Waals surface area contributed by atoms with Crippen molar-refractivity contribution < 1.29 is 19.1 Å². The number of esters is 1. The second kappa shape index (κ2) is 14.3. The minimum Gasteiger partial charge on any atom is -0.459 e. The van der Waals surface area contributed by atoms with Crippen LogP contribution in [0.4, 0.5) is 0 Å². The van der Waals surface area contributed by atoms with E-state index in [4.69, 9.17) is 4.74 Å². The van der Waals surface area contributed by atoms with Crippen molar-refractivity contribution in [3.63, 3.8) is 0 Å². The Kier molecular flexibility index (Phi) is 12.6. The maximum atomic E-state index is 11.4. The zero-order valence-electron chi connectivity index (χ0n) is 15.7. The molecule has 0 aliphatic rings. The number of nitrogens with one attached hydrogen (secondary N) is 3. The van der Waals surface area contributed by atoms with Gasteiger partial charge in [-0.15, -0.1) is 0 Å². The summed E-state index contributed by atoms with van der Waals surface area (Å²) in [6, 6.07) is 0. The van der Waals surface area contributed by atoms with Crippen LogP contribution in [-0.2, 0) is 19.1 Å². The van der Waals surface area contributed by atoms with Gasteiger partial charge in [0.2, 0.25) is 0 Å². The van der Waals surface area contributed by atoms with Crippen molar-refractivity contribution in [3.05, 3.63) is 59.6 Å². The molecule has 0 heterocycles. The Morgan fingerprint density at radius 3 is 2.00 bits per heavy atom. The van der Waals surface area contributed by atoms with Crippen LogP contribution in [0.2, 0.25) is 0 Å². The number of hydrogen-bond acceptors (Lipinski definition) is 7. The molecule has 0 bridgehead atoms. The Morgan fingerprint density at radius 2 is 1.50 bits per heavy atom. The van der Waals surface area contributed by atoms with E-state index in [0.717, 1.165) is 12.0 Å². The summed E-state index contributed by atoms with van der Waals surface area (Å²) in [5.41, 5.74) is 2.01. The maximum Gasteiger partial charge on any atom is 0.313 e. The highest BCUT2D eigenvalue weighted by atomic mass is 16.5. The molecule has 3 N–H and O–H groups in total. The average molecular weight is 361 g/mol. The fourth-order valence-electron chi connectivity index (χ4n) is 1.61. The highest BCUT2D eigenvalue weighted by molar-refractivity contribution is 5.94. The first-order valence-electron chi connectivity index (χ1n) is 8.06. The van der Waals surface area contributed by atoms with Gasteiger partial charge in [0.05, 0.1) is 5.70 Å². The average Bonchev–Trinajstić information content (AvgIpc) is 2.62. The molecule has 0 fully saturated rings. The Balaban J connectivity index is 4.76. The van der Waals surface area contributed by atoms with Crippen LogP contribution in [0.5, 0.6) is 0 Å². The molecule has 0 spiro atoms.